The molecule has 0 fully saturated rings. The lowest BCUT2D eigenvalue weighted by molar-refractivity contribution is 0.382. The third-order valence-corrected chi connectivity index (χ3v) is 3.52. The van der Waals surface area contributed by atoms with Crippen LogP contribution in [-0.4, -0.2) is 35.2 Å². The first-order valence-corrected chi connectivity index (χ1v) is 6.84. The number of aromatic hydroxyl groups is 1. The number of likely N-dealkylation sites (N-methyl/N-ethyl adjacent to an activating group) is 1. The Kier molecular flexibility index (Phi) is 4.35. The number of hydrogen-bond donors (Lipinski definition) is 2. The first kappa shape index (κ1) is 14.5. The van der Waals surface area contributed by atoms with Crippen molar-refractivity contribution in [3.63, 3.8) is 0 Å². The van der Waals surface area contributed by atoms with Crippen LogP contribution in [-0.2, 0) is 6.54 Å². The number of hydrogen-bond acceptors (Lipinski definition) is 3. The van der Waals surface area contributed by atoms with Crippen molar-refractivity contribution in [3.05, 3.63) is 41.7 Å². The topological polar surface area (TPSA) is 40.4 Å². The second-order valence-electron chi connectivity index (χ2n) is 5.44. The maximum Gasteiger partial charge on any atom is 0.120 e. The highest BCUT2D eigenvalue weighted by Gasteiger charge is 2.06. The molecule has 4 nitrogen and oxygen atoms in total. The minimum Gasteiger partial charge on any atom is -0.508 e. The van der Waals surface area contributed by atoms with Gasteiger partial charge in [0.05, 0.1) is 5.69 Å². The van der Waals surface area contributed by atoms with Crippen LogP contribution >= 0.6 is 0 Å². The zero-order valence-corrected chi connectivity index (χ0v) is 12.6. The summed E-state index contributed by atoms with van der Waals surface area (Å²) in [4.78, 5) is 2.17. The summed E-state index contributed by atoms with van der Waals surface area (Å²) in [7, 11) is 4.15. The molecule has 108 valence electrons. The summed E-state index contributed by atoms with van der Waals surface area (Å²) < 4.78 is 2.23. The smallest absolute Gasteiger partial charge is 0.120 e. The van der Waals surface area contributed by atoms with Crippen molar-refractivity contribution in [1.29, 1.82) is 0 Å². The molecule has 0 saturated heterocycles. The number of anilines is 2. The van der Waals surface area contributed by atoms with Gasteiger partial charge >= 0.3 is 0 Å². The van der Waals surface area contributed by atoms with E-state index in [1.807, 2.05) is 19.1 Å². The van der Waals surface area contributed by atoms with E-state index >= 15 is 0 Å². The van der Waals surface area contributed by atoms with Crippen LogP contribution in [0.1, 0.15) is 11.3 Å². The Morgan fingerprint density at radius 2 is 1.95 bits per heavy atom. The monoisotopic (exact) mass is 273 g/mol. The van der Waals surface area contributed by atoms with E-state index in [4.69, 9.17) is 0 Å². The van der Waals surface area contributed by atoms with E-state index in [0.29, 0.717) is 5.75 Å². The number of phenolic OH excluding ortho intramolecular Hbond substituents is 1. The van der Waals surface area contributed by atoms with Gasteiger partial charge in [0, 0.05) is 36.7 Å². The molecule has 0 aliphatic rings. The Morgan fingerprint density at radius 3 is 2.60 bits per heavy atom. The number of phenols is 1. The quantitative estimate of drug-likeness (QED) is 0.879. The molecule has 0 saturated carbocycles. The van der Waals surface area contributed by atoms with E-state index in [0.717, 1.165) is 30.0 Å². The van der Waals surface area contributed by atoms with Crippen LogP contribution in [0.3, 0.4) is 0 Å². The maximum absolute atomic E-state index is 9.75. The van der Waals surface area contributed by atoms with Gasteiger partial charge < -0.3 is 19.9 Å². The van der Waals surface area contributed by atoms with Crippen molar-refractivity contribution < 1.29 is 5.11 Å². The van der Waals surface area contributed by atoms with Gasteiger partial charge in [0.2, 0.25) is 0 Å². The van der Waals surface area contributed by atoms with E-state index in [-0.39, 0.29) is 0 Å². The number of aryl methyl sites for hydroxylation is 1. The molecule has 0 aliphatic carbocycles. The lowest BCUT2D eigenvalue weighted by atomic mass is 10.2. The predicted octanol–water partition coefficient (Wildman–Crippen LogP) is 3.12. The first-order chi connectivity index (χ1) is 9.47. The Morgan fingerprint density at radius 1 is 1.20 bits per heavy atom. The van der Waals surface area contributed by atoms with E-state index in [1.165, 1.54) is 5.69 Å². The highest BCUT2D eigenvalue weighted by atomic mass is 16.3. The average molecular weight is 273 g/mol. The van der Waals surface area contributed by atoms with Crippen LogP contribution in [0.4, 0.5) is 11.4 Å². The Bertz CT molecular complexity index is 587. The second-order valence-corrected chi connectivity index (χ2v) is 5.44. The van der Waals surface area contributed by atoms with Gasteiger partial charge in [-0.2, -0.15) is 0 Å². The minimum absolute atomic E-state index is 0.319. The number of aromatic nitrogens is 1. The van der Waals surface area contributed by atoms with Crippen LogP contribution in [0.5, 0.6) is 5.75 Å². The molecule has 0 unspecified atom stereocenters. The first-order valence-electron chi connectivity index (χ1n) is 6.84. The average Bonchev–Trinajstić information content (AvgIpc) is 2.73. The fourth-order valence-corrected chi connectivity index (χ4v) is 2.08. The van der Waals surface area contributed by atoms with Gasteiger partial charge in [-0.25, -0.2) is 0 Å². The lowest BCUT2D eigenvalue weighted by Gasteiger charge is -2.13. The largest absolute Gasteiger partial charge is 0.508 e. The highest BCUT2D eigenvalue weighted by molar-refractivity contribution is 5.64. The van der Waals surface area contributed by atoms with Gasteiger partial charge in [0.1, 0.15) is 5.75 Å². The van der Waals surface area contributed by atoms with E-state index in [1.54, 1.807) is 6.07 Å². The number of nitrogens with zero attached hydrogens (tertiary/aromatic N) is 2. The van der Waals surface area contributed by atoms with Crippen molar-refractivity contribution >= 4 is 11.4 Å². The molecule has 0 aliphatic heterocycles. The summed E-state index contributed by atoms with van der Waals surface area (Å²) in [5.41, 5.74) is 4.07. The molecule has 4 heteroatoms. The summed E-state index contributed by atoms with van der Waals surface area (Å²) in [5, 5.41) is 13.1. The molecule has 0 spiro atoms. The molecule has 2 aromatic rings. The zero-order chi connectivity index (χ0) is 14.7. The highest BCUT2D eigenvalue weighted by Crippen LogP contribution is 2.26. The van der Waals surface area contributed by atoms with Gasteiger partial charge in [0.15, 0.2) is 0 Å². The summed E-state index contributed by atoms with van der Waals surface area (Å²) in [6.45, 7) is 5.98. The maximum atomic E-state index is 9.75. The molecule has 1 aromatic heterocycles. The zero-order valence-electron chi connectivity index (χ0n) is 12.6. The molecule has 2 rings (SSSR count). The van der Waals surface area contributed by atoms with Crippen molar-refractivity contribution in [3.8, 4) is 5.75 Å². The lowest BCUT2D eigenvalue weighted by Crippen LogP contribution is -2.18. The molecular weight excluding hydrogens is 250 g/mol. The molecule has 2 N–H and O–H groups in total. The number of benzene rings is 1. The van der Waals surface area contributed by atoms with Crippen molar-refractivity contribution in [1.82, 2.24) is 9.47 Å². The fourth-order valence-electron chi connectivity index (χ4n) is 2.08. The number of rotatable bonds is 5. The molecule has 20 heavy (non-hydrogen) atoms. The standard InChI is InChI=1S/C16H23N3O/c1-12-5-6-14(11-16(12)20)17-15-7-8-19(13(15)2)10-9-18(3)4/h5-8,11,17,20H,9-10H2,1-4H3. The molecule has 0 amide bonds. The molecule has 0 atom stereocenters. The van der Waals surface area contributed by atoms with Crippen LogP contribution in [0, 0.1) is 13.8 Å². The summed E-state index contributed by atoms with van der Waals surface area (Å²) in [5.74, 6) is 0.319. The van der Waals surface area contributed by atoms with Crippen molar-refractivity contribution in [2.45, 2.75) is 20.4 Å². The van der Waals surface area contributed by atoms with Gasteiger partial charge in [-0.15, -0.1) is 0 Å². The van der Waals surface area contributed by atoms with Crippen LogP contribution in [0.15, 0.2) is 30.5 Å². The predicted molar refractivity (Wildman–Crippen MR) is 83.8 cm³/mol. The Hall–Kier alpha value is -1.94. The Labute approximate surface area is 120 Å². The van der Waals surface area contributed by atoms with Crippen LogP contribution in [0.2, 0.25) is 0 Å². The molecule has 0 radical (unpaired) electrons. The minimum atomic E-state index is 0.319. The van der Waals surface area contributed by atoms with Gasteiger partial charge in [-0.3, -0.25) is 0 Å². The van der Waals surface area contributed by atoms with Gasteiger partial charge in [0.25, 0.3) is 0 Å². The van der Waals surface area contributed by atoms with Crippen LogP contribution in [0.25, 0.3) is 0 Å². The number of nitrogens with one attached hydrogen (secondary N) is 1. The normalized spacial score (nSPS) is 11.1. The summed E-state index contributed by atoms with van der Waals surface area (Å²) in [6.07, 6.45) is 2.09. The third-order valence-electron chi connectivity index (χ3n) is 3.52. The summed E-state index contributed by atoms with van der Waals surface area (Å²) >= 11 is 0. The van der Waals surface area contributed by atoms with E-state index in [9.17, 15) is 5.11 Å². The van der Waals surface area contributed by atoms with Crippen molar-refractivity contribution in [2.75, 3.05) is 26.0 Å². The molecule has 1 heterocycles. The summed E-state index contributed by atoms with van der Waals surface area (Å²) in [6, 6.07) is 7.72. The third kappa shape index (κ3) is 3.33. The van der Waals surface area contributed by atoms with Gasteiger partial charge in [-0.05, 0) is 45.6 Å². The van der Waals surface area contributed by atoms with E-state index < -0.39 is 0 Å². The fraction of sp³-hybridized carbons (Fsp3) is 0.375. The molecule has 1 aromatic carbocycles. The van der Waals surface area contributed by atoms with Crippen LogP contribution < -0.4 is 5.32 Å². The SMILES string of the molecule is Cc1ccc(Nc2ccn(CCN(C)C)c2C)cc1O. The molecular formula is C16H23N3O. The second kappa shape index (κ2) is 6.01. The van der Waals surface area contributed by atoms with Gasteiger partial charge in [-0.1, -0.05) is 6.07 Å². The van der Waals surface area contributed by atoms with Crippen molar-refractivity contribution in [2.24, 2.45) is 0 Å². The Balaban J connectivity index is 2.11. The molecule has 0 bridgehead atoms. The van der Waals surface area contributed by atoms with E-state index in [2.05, 4.69) is 48.1 Å².